The third kappa shape index (κ3) is 3.10. The summed E-state index contributed by atoms with van der Waals surface area (Å²) in [6.45, 7) is 4.64. The lowest BCUT2D eigenvalue weighted by molar-refractivity contribution is 0.0487. The van der Waals surface area contributed by atoms with E-state index in [1.165, 1.54) is 0 Å². The van der Waals surface area contributed by atoms with Crippen LogP contribution in [0.2, 0.25) is 0 Å². The third-order valence-electron chi connectivity index (χ3n) is 3.24. The van der Waals surface area contributed by atoms with Crippen LogP contribution in [0, 0.1) is 5.92 Å². The Morgan fingerprint density at radius 1 is 1.15 bits per heavy atom. The number of esters is 1. The van der Waals surface area contributed by atoms with Crippen LogP contribution in [-0.2, 0) is 4.74 Å². The van der Waals surface area contributed by atoms with Crippen LogP contribution < -0.4 is 4.74 Å². The van der Waals surface area contributed by atoms with Gasteiger partial charge in [0.25, 0.3) is 0 Å². The Hall–Kier alpha value is -2.03. The monoisotopic (exact) mass is 272 g/mol. The topological polar surface area (TPSA) is 35.5 Å². The van der Waals surface area contributed by atoms with Crippen molar-refractivity contribution in [3.8, 4) is 5.75 Å². The molecule has 0 saturated heterocycles. The van der Waals surface area contributed by atoms with E-state index in [1.807, 2.05) is 30.3 Å². The second-order valence-electron chi connectivity index (χ2n) is 5.18. The normalized spacial score (nSPS) is 10.8. The Kier molecular flexibility index (Phi) is 4.61. The molecule has 0 radical (unpaired) electrons. The van der Waals surface area contributed by atoms with Crippen LogP contribution in [0.3, 0.4) is 0 Å². The van der Waals surface area contributed by atoms with Crippen LogP contribution >= 0.6 is 0 Å². The van der Waals surface area contributed by atoms with Crippen LogP contribution in [0.5, 0.6) is 5.75 Å². The minimum Gasteiger partial charge on any atom is -0.496 e. The molecule has 0 aromatic heterocycles. The van der Waals surface area contributed by atoms with Crippen molar-refractivity contribution in [2.45, 2.75) is 20.3 Å². The van der Waals surface area contributed by atoms with Crippen LogP contribution in [-0.4, -0.2) is 19.7 Å². The fourth-order valence-electron chi connectivity index (χ4n) is 2.09. The number of ether oxygens (including phenoxy) is 2. The van der Waals surface area contributed by atoms with E-state index in [-0.39, 0.29) is 5.97 Å². The number of carbonyl (C=O) groups is 1. The van der Waals surface area contributed by atoms with Gasteiger partial charge < -0.3 is 9.47 Å². The van der Waals surface area contributed by atoms with Gasteiger partial charge in [0.05, 0.1) is 13.7 Å². The molecular formula is C17H20O3. The van der Waals surface area contributed by atoms with Gasteiger partial charge >= 0.3 is 5.97 Å². The number of rotatable bonds is 5. The average molecular weight is 272 g/mol. The molecule has 0 atom stereocenters. The van der Waals surface area contributed by atoms with Crippen molar-refractivity contribution < 1.29 is 14.3 Å². The first-order chi connectivity index (χ1) is 9.63. The van der Waals surface area contributed by atoms with Gasteiger partial charge in [-0.15, -0.1) is 0 Å². The zero-order valence-electron chi connectivity index (χ0n) is 12.2. The molecular weight excluding hydrogens is 252 g/mol. The van der Waals surface area contributed by atoms with E-state index in [4.69, 9.17) is 9.47 Å². The SMILES string of the molecule is COc1ccc2ccccc2c1C(=O)OCCC(C)C. The zero-order valence-corrected chi connectivity index (χ0v) is 12.2. The van der Waals surface area contributed by atoms with E-state index in [0.29, 0.717) is 23.8 Å². The molecule has 0 aliphatic rings. The summed E-state index contributed by atoms with van der Waals surface area (Å²) in [6, 6.07) is 11.5. The molecule has 0 aliphatic carbocycles. The first-order valence-corrected chi connectivity index (χ1v) is 6.86. The minimum atomic E-state index is -0.320. The highest BCUT2D eigenvalue weighted by Gasteiger charge is 2.17. The molecule has 20 heavy (non-hydrogen) atoms. The maximum Gasteiger partial charge on any atom is 0.342 e. The minimum absolute atomic E-state index is 0.320. The van der Waals surface area contributed by atoms with E-state index in [0.717, 1.165) is 17.2 Å². The summed E-state index contributed by atoms with van der Waals surface area (Å²) < 4.78 is 10.7. The second-order valence-corrected chi connectivity index (χ2v) is 5.18. The highest BCUT2D eigenvalue weighted by Crippen LogP contribution is 2.28. The molecule has 3 nitrogen and oxygen atoms in total. The third-order valence-corrected chi connectivity index (χ3v) is 3.24. The van der Waals surface area contributed by atoms with Gasteiger partial charge in [-0.2, -0.15) is 0 Å². The van der Waals surface area contributed by atoms with Gasteiger partial charge in [-0.05, 0) is 29.2 Å². The molecule has 0 fully saturated rings. The first kappa shape index (κ1) is 14.4. The summed E-state index contributed by atoms with van der Waals surface area (Å²) in [6.07, 6.45) is 0.860. The lowest BCUT2D eigenvalue weighted by Gasteiger charge is -2.12. The molecule has 0 saturated carbocycles. The summed E-state index contributed by atoms with van der Waals surface area (Å²) in [4.78, 5) is 12.3. The molecule has 0 N–H and O–H groups in total. The molecule has 106 valence electrons. The molecule has 0 bridgehead atoms. The molecule has 0 heterocycles. The van der Waals surface area contributed by atoms with Gasteiger partial charge in [-0.1, -0.05) is 44.2 Å². The van der Waals surface area contributed by atoms with E-state index >= 15 is 0 Å². The Bertz CT molecular complexity index is 602. The number of carbonyl (C=O) groups excluding carboxylic acids is 1. The summed E-state index contributed by atoms with van der Waals surface area (Å²) >= 11 is 0. The maximum atomic E-state index is 12.3. The van der Waals surface area contributed by atoms with Gasteiger partial charge in [0.15, 0.2) is 0 Å². The number of hydrogen-bond donors (Lipinski definition) is 0. The lowest BCUT2D eigenvalue weighted by atomic mass is 10.0. The summed E-state index contributed by atoms with van der Waals surface area (Å²) in [5, 5.41) is 1.87. The summed E-state index contributed by atoms with van der Waals surface area (Å²) in [7, 11) is 1.56. The van der Waals surface area contributed by atoms with Crippen LogP contribution in [0.1, 0.15) is 30.6 Å². The van der Waals surface area contributed by atoms with E-state index in [2.05, 4.69) is 13.8 Å². The standard InChI is InChI=1S/C17H20O3/c1-12(2)10-11-20-17(18)16-14-7-5-4-6-13(14)8-9-15(16)19-3/h4-9,12H,10-11H2,1-3H3. The highest BCUT2D eigenvalue weighted by atomic mass is 16.5. The van der Waals surface area contributed by atoms with Gasteiger partial charge in [-0.3, -0.25) is 0 Å². The molecule has 0 spiro atoms. The van der Waals surface area contributed by atoms with Crippen molar-refractivity contribution in [2.75, 3.05) is 13.7 Å². The molecule has 2 rings (SSSR count). The van der Waals surface area contributed by atoms with Crippen molar-refractivity contribution in [2.24, 2.45) is 5.92 Å². The Balaban J connectivity index is 2.33. The molecule has 0 amide bonds. The van der Waals surface area contributed by atoms with Crippen LogP contribution in [0.15, 0.2) is 36.4 Å². The van der Waals surface area contributed by atoms with Crippen LogP contribution in [0.25, 0.3) is 10.8 Å². The fraction of sp³-hybridized carbons (Fsp3) is 0.353. The van der Waals surface area contributed by atoms with Crippen LogP contribution in [0.4, 0.5) is 0 Å². The number of benzene rings is 2. The molecule has 2 aromatic carbocycles. The van der Waals surface area contributed by atoms with E-state index in [9.17, 15) is 4.79 Å². The van der Waals surface area contributed by atoms with Crippen molar-refractivity contribution in [1.82, 2.24) is 0 Å². The van der Waals surface area contributed by atoms with Gasteiger partial charge in [-0.25, -0.2) is 4.79 Å². The van der Waals surface area contributed by atoms with Gasteiger partial charge in [0.1, 0.15) is 11.3 Å². The lowest BCUT2D eigenvalue weighted by Crippen LogP contribution is -2.10. The highest BCUT2D eigenvalue weighted by molar-refractivity contribution is 6.07. The maximum absolute atomic E-state index is 12.3. The van der Waals surface area contributed by atoms with Crippen molar-refractivity contribution >= 4 is 16.7 Å². The number of fused-ring (bicyclic) bond motifs is 1. The number of methoxy groups -OCH3 is 1. The van der Waals surface area contributed by atoms with Gasteiger partial charge in [0, 0.05) is 0 Å². The van der Waals surface area contributed by atoms with Crippen molar-refractivity contribution in [1.29, 1.82) is 0 Å². The van der Waals surface area contributed by atoms with Crippen molar-refractivity contribution in [3.05, 3.63) is 42.0 Å². The smallest absolute Gasteiger partial charge is 0.342 e. The van der Waals surface area contributed by atoms with E-state index < -0.39 is 0 Å². The van der Waals surface area contributed by atoms with E-state index in [1.54, 1.807) is 13.2 Å². The Morgan fingerprint density at radius 3 is 2.60 bits per heavy atom. The largest absolute Gasteiger partial charge is 0.496 e. The zero-order chi connectivity index (χ0) is 14.5. The molecule has 2 aromatic rings. The quantitative estimate of drug-likeness (QED) is 0.770. The molecule has 0 aliphatic heterocycles. The second kappa shape index (κ2) is 6.42. The summed E-state index contributed by atoms with van der Waals surface area (Å²) in [5.41, 5.74) is 0.509. The average Bonchev–Trinajstić information content (AvgIpc) is 2.45. The predicted octanol–water partition coefficient (Wildman–Crippen LogP) is 4.05. The molecule has 3 heteroatoms. The van der Waals surface area contributed by atoms with Gasteiger partial charge in [0.2, 0.25) is 0 Å². The molecule has 0 unspecified atom stereocenters. The predicted molar refractivity (Wildman–Crippen MR) is 80.2 cm³/mol. The fourth-order valence-corrected chi connectivity index (χ4v) is 2.09. The first-order valence-electron chi connectivity index (χ1n) is 6.86. The van der Waals surface area contributed by atoms with Crippen molar-refractivity contribution in [3.63, 3.8) is 0 Å². The Morgan fingerprint density at radius 2 is 1.90 bits per heavy atom. The number of hydrogen-bond acceptors (Lipinski definition) is 3. The Labute approximate surface area is 119 Å². The summed E-state index contributed by atoms with van der Waals surface area (Å²) in [5.74, 6) is 0.745.